The molecule has 0 amide bonds. The van der Waals surface area contributed by atoms with Gasteiger partial charge in [-0.2, -0.15) is 11.8 Å². The normalized spacial score (nSPS) is 17.0. The van der Waals surface area contributed by atoms with Crippen LogP contribution in [0.1, 0.15) is 12.5 Å². The zero-order valence-corrected chi connectivity index (χ0v) is 12.0. The predicted octanol–water partition coefficient (Wildman–Crippen LogP) is 3.33. The first kappa shape index (κ1) is 12.2. The van der Waals surface area contributed by atoms with Crippen molar-refractivity contribution in [1.29, 1.82) is 0 Å². The molecule has 1 aliphatic rings. The van der Waals surface area contributed by atoms with Crippen LogP contribution in [-0.2, 0) is 9.84 Å². The highest BCUT2D eigenvalue weighted by Crippen LogP contribution is 2.36. The van der Waals surface area contributed by atoms with Crippen molar-refractivity contribution in [2.45, 2.75) is 11.8 Å². The lowest BCUT2D eigenvalue weighted by atomic mass is 10.1. The molecule has 0 saturated carbocycles. The van der Waals surface area contributed by atoms with E-state index in [9.17, 15) is 8.42 Å². The predicted molar refractivity (Wildman–Crippen MR) is 72.3 cm³/mol. The molecule has 16 heavy (non-hydrogen) atoms. The highest BCUT2D eigenvalue weighted by atomic mass is 79.9. The summed E-state index contributed by atoms with van der Waals surface area (Å²) in [5.74, 6) is 1.74. The summed E-state index contributed by atoms with van der Waals surface area (Å²) in [6.45, 7) is 2.07. The SMILES string of the molecule is CCSCC1=CS(=O)(=O)c2cc(Br)ccc21. The number of fused-ring (bicyclic) bond motifs is 1. The number of halogens is 1. The van der Waals surface area contributed by atoms with E-state index in [0.29, 0.717) is 4.90 Å². The molecule has 5 heteroatoms. The van der Waals surface area contributed by atoms with Crippen LogP contribution in [-0.4, -0.2) is 19.9 Å². The van der Waals surface area contributed by atoms with Gasteiger partial charge in [0.1, 0.15) is 0 Å². The molecule has 2 rings (SSSR count). The zero-order valence-electron chi connectivity index (χ0n) is 8.73. The third kappa shape index (κ3) is 2.21. The Morgan fingerprint density at radius 3 is 2.81 bits per heavy atom. The molecule has 1 aliphatic heterocycles. The van der Waals surface area contributed by atoms with Crippen molar-refractivity contribution < 1.29 is 8.42 Å². The van der Waals surface area contributed by atoms with E-state index in [0.717, 1.165) is 27.1 Å². The molecule has 0 radical (unpaired) electrons. The third-order valence-corrected chi connectivity index (χ3v) is 5.32. The molecule has 1 aromatic rings. The molecule has 0 aromatic heterocycles. The monoisotopic (exact) mass is 318 g/mol. The molecule has 0 atom stereocenters. The molecule has 0 aliphatic carbocycles. The van der Waals surface area contributed by atoms with Gasteiger partial charge >= 0.3 is 0 Å². The van der Waals surface area contributed by atoms with E-state index in [1.165, 1.54) is 5.41 Å². The van der Waals surface area contributed by atoms with Crippen LogP contribution in [0.2, 0.25) is 0 Å². The van der Waals surface area contributed by atoms with Gasteiger partial charge in [-0.05, 0) is 29.0 Å². The molecule has 0 fully saturated rings. The lowest BCUT2D eigenvalue weighted by molar-refractivity contribution is 0.605. The summed E-state index contributed by atoms with van der Waals surface area (Å²) < 4.78 is 24.5. The van der Waals surface area contributed by atoms with Crippen molar-refractivity contribution in [2.75, 3.05) is 11.5 Å². The third-order valence-electron chi connectivity index (χ3n) is 2.36. The van der Waals surface area contributed by atoms with Crippen molar-refractivity contribution in [3.63, 3.8) is 0 Å². The summed E-state index contributed by atoms with van der Waals surface area (Å²) in [7, 11) is -3.21. The summed E-state index contributed by atoms with van der Waals surface area (Å²) >= 11 is 5.03. The molecule has 2 nitrogen and oxygen atoms in total. The fourth-order valence-corrected chi connectivity index (χ4v) is 4.42. The fraction of sp³-hybridized carbons (Fsp3) is 0.273. The van der Waals surface area contributed by atoms with Gasteiger partial charge in [-0.1, -0.05) is 28.9 Å². The minimum absolute atomic E-state index is 0.425. The van der Waals surface area contributed by atoms with Crippen LogP contribution in [0.15, 0.2) is 33.0 Å². The lowest BCUT2D eigenvalue weighted by Crippen LogP contribution is -1.93. The molecule has 1 heterocycles. The molecule has 0 spiro atoms. The average Bonchev–Trinajstić information content (AvgIpc) is 2.48. The van der Waals surface area contributed by atoms with E-state index >= 15 is 0 Å². The maximum Gasteiger partial charge on any atom is 0.200 e. The fourth-order valence-electron chi connectivity index (χ4n) is 1.63. The summed E-state index contributed by atoms with van der Waals surface area (Å²) in [5, 5.41) is 1.40. The molecular weight excluding hydrogens is 308 g/mol. The Morgan fingerprint density at radius 1 is 1.38 bits per heavy atom. The molecule has 0 bridgehead atoms. The van der Waals surface area contributed by atoms with E-state index in [1.54, 1.807) is 17.8 Å². The van der Waals surface area contributed by atoms with Gasteiger partial charge in [-0.25, -0.2) is 8.42 Å². The van der Waals surface area contributed by atoms with Crippen LogP contribution in [0, 0.1) is 0 Å². The van der Waals surface area contributed by atoms with Gasteiger partial charge in [-0.15, -0.1) is 0 Å². The first-order chi connectivity index (χ1) is 7.54. The quantitative estimate of drug-likeness (QED) is 0.857. The molecule has 86 valence electrons. The second-order valence-electron chi connectivity index (χ2n) is 3.47. The molecule has 0 N–H and O–H groups in total. The highest BCUT2D eigenvalue weighted by Gasteiger charge is 2.26. The summed E-state index contributed by atoms with van der Waals surface area (Å²) in [4.78, 5) is 0.425. The van der Waals surface area contributed by atoms with Crippen molar-refractivity contribution >= 4 is 43.1 Å². The molecule has 0 saturated heterocycles. The number of thioether (sulfide) groups is 1. The van der Waals surface area contributed by atoms with E-state index in [2.05, 4.69) is 22.9 Å². The van der Waals surface area contributed by atoms with E-state index in [-0.39, 0.29) is 0 Å². The van der Waals surface area contributed by atoms with Crippen molar-refractivity contribution in [2.24, 2.45) is 0 Å². The van der Waals surface area contributed by atoms with Crippen molar-refractivity contribution in [1.82, 2.24) is 0 Å². The average molecular weight is 319 g/mol. The second kappa shape index (κ2) is 4.55. The Morgan fingerprint density at radius 2 is 2.12 bits per heavy atom. The minimum atomic E-state index is -3.21. The Balaban J connectivity index is 2.48. The Labute approximate surface area is 108 Å². The number of hydrogen-bond donors (Lipinski definition) is 0. The van der Waals surface area contributed by atoms with Gasteiger partial charge in [0.05, 0.1) is 4.90 Å². The van der Waals surface area contributed by atoms with Crippen LogP contribution in [0.4, 0.5) is 0 Å². The smallest absolute Gasteiger partial charge is 0.200 e. The van der Waals surface area contributed by atoms with Gasteiger partial charge < -0.3 is 0 Å². The summed E-state index contributed by atoms with van der Waals surface area (Å²) in [6, 6.07) is 5.42. The van der Waals surface area contributed by atoms with Gasteiger partial charge in [-0.3, -0.25) is 0 Å². The molecule has 0 unspecified atom stereocenters. The van der Waals surface area contributed by atoms with E-state index < -0.39 is 9.84 Å². The van der Waals surface area contributed by atoms with E-state index in [4.69, 9.17) is 0 Å². The van der Waals surface area contributed by atoms with Crippen LogP contribution < -0.4 is 0 Å². The largest absolute Gasteiger partial charge is 0.219 e. The van der Waals surface area contributed by atoms with Crippen molar-refractivity contribution in [3.8, 4) is 0 Å². The lowest BCUT2D eigenvalue weighted by Gasteiger charge is -2.03. The maximum absolute atomic E-state index is 11.9. The van der Waals surface area contributed by atoms with Gasteiger partial charge in [0.2, 0.25) is 9.84 Å². The first-order valence-corrected chi connectivity index (χ1v) is 8.37. The van der Waals surface area contributed by atoms with Crippen LogP contribution >= 0.6 is 27.7 Å². The number of rotatable bonds is 3. The van der Waals surface area contributed by atoms with E-state index in [1.807, 2.05) is 12.1 Å². The number of hydrogen-bond acceptors (Lipinski definition) is 3. The summed E-state index contributed by atoms with van der Waals surface area (Å²) in [6.07, 6.45) is 0. The molecular formula is C11H11BrO2S2. The summed E-state index contributed by atoms with van der Waals surface area (Å²) in [5.41, 5.74) is 1.76. The maximum atomic E-state index is 11.9. The Hall–Kier alpha value is -0.260. The minimum Gasteiger partial charge on any atom is -0.219 e. The standard InChI is InChI=1S/C11H11BrO2S2/c1-2-15-6-8-7-16(13,14)11-5-9(12)3-4-10(8)11/h3-5,7H,2,6H2,1H3. The zero-order chi connectivity index (χ0) is 11.8. The van der Waals surface area contributed by atoms with Crippen LogP contribution in [0.3, 0.4) is 0 Å². The molecule has 1 aromatic carbocycles. The Kier molecular flexibility index (Phi) is 3.47. The van der Waals surface area contributed by atoms with Crippen LogP contribution in [0.5, 0.6) is 0 Å². The van der Waals surface area contributed by atoms with Crippen molar-refractivity contribution in [3.05, 3.63) is 33.6 Å². The highest BCUT2D eigenvalue weighted by molar-refractivity contribution is 9.10. The topological polar surface area (TPSA) is 34.1 Å². The second-order valence-corrected chi connectivity index (χ2v) is 7.42. The number of benzene rings is 1. The Bertz CT molecular complexity index is 547. The van der Waals surface area contributed by atoms with Crippen LogP contribution in [0.25, 0.3) is 5.57 Å². The van der Waals surface area contributed by atoms with Gasteiger partial charge in [0.15, 0.2) is 0 Å². The van der Waals surface area contributed by atoms with Gasteiger partial charge in [0, 0.05) is 15.6 Å². The number of sulfone groups is 1. The first-order valence-electron chi connectivity index (χ1n) is 4.88. The van der Waals surface area contributed by atoms with Gasteiger partial charge in [0.25, 0.3) is 0 Å².